The van der Waals surface area contributed by atoms with E-state index in [9.17, 15) is 8.78 Å². The zero-order valence-electron chi connectivity index (χ0n) is 7.04. The maximum absolute atomic E-state index is 12.2. The number of piperidine rings is 1. The molecule has 0 amide bonds. The summed E-state index contributed by atoms with van der Waals surface area (Å²) in [6.07, 6.45) is 0. The number of halogens is 2. The molecule has 7 heteroatoms. The van der Waals surface area contributed by atoms with E-state index in [1.807, 2.05) is 0 Å². The van der Waals surface area contributed by atoms with Crippen LogP contribution in [0.15, 0.2) is 0 Å². The van der Waals surface area contributed by atoms with Crippen molar-refractivity contribution >= 4 is 11.9 Å². The van der Waals surface area contributed by atoms with Crippen LogP contribution in [0, 0.1) is 11.8 Å². The molecule has 0 bridgehead atoms. The third-order valence-corrected chi connectivity index (χ3v) is 2.28. The first kappa shape index (κ1) is 10.8. The fourth-order valence-corrected chi connectivity index (χ4v) is 1.41. The van der Waals surface area contributed by atoms with Gasteiger partial charge in [0.05, 0.1) is 0 Å². The molecule has 80 valence electrons. The van der Waals surface area contributed by atoms with Gasteiger partial charge in [-0.05, 0) is 0 Å². The van der Waals surface area contributed by atoms with Crippen LogP contribution in [-0.2, 0) is 9.59 Å². The van der Waals surface area contributed by atoms with Crippen molar-refractivity contribution in [2.24, 2.45) is 11.8 Å². The fraction of sp³-hybridized carbons (Fsp3) is 0.714. The molecule has 0 spiro atoms. The van der Waals surface area contributed by atoms with Gasteiger partial charge in [-0.2, -0.15) is 0 Å². The van der Waals surface area contributed by atoms with Crippen LogP contribution in [0.5, 0.6) is 0 Å². The van der Waals surface area contributed by atoms with E-state index in [0.29, 0.717) is 13.1 Å². The summed E-state index contributed by atoms with van der Waals surface area (Å²) in [6, 6.07) is 0. The number of hydrogen-bond donors (Lipinski definition) is 3. The fourth-order valence-electron chi connectivity index (χ4n) is 1.41. The van der Waals surface area contributed by atoms with Gasteiger partial charge >= 0.3 is 11.9 Å². The van der Waals surface area contributed by atoms with Crippen molar-refractivity contribution in [3.8, 4) is 0 Å². The summed E-state index contributed by atoms with van der Waals surface area (Å²) >= 11 is 0. The van der Waals surface area contributed by atoms with Gasteiger partial charge in [0.1, 0.15) is 0 Å². The molecule has 2 fully saturated rings. The lowest BCUT2D eigenvalue weighted by Crippen LogP contribution is -2.19. The van der Waals surface area contributed by atoms with Crippen molar-refractivity contribution in [3.63, 3.8) is 0 Å². The molecular formula is C7H9F2NO4. The van der Waals surface area contributed by atoms with E-state index in [2.05, 4.69) is 5.32 Å². The monoisotopic (exact) mass is 209 g/mol. The number of nitrogens with one attached hydrogen (secondary N) is 1. The average Bonchev–Trinajstić information content (AvgIpc) is 2.54. The normalized spacial score (nSPS) is 31.0. The molecule has 0 aromatic heterocycles. The maximum Gasteiger partial charge on any atom is 0.414 e. The molecule has 0 aromatic rings. The Morgan fingerprint density at radius 3 is 1.64 bits per heavy atom. The van der Waals surface area contributed by atoms with Crippen LogP contribution in [0.4, 0.5) is 8.78 Å². The molecule has 1 saturated heterocycles. The summed E-state index contributed by atoms with van der Waals surface area (Å²) < 4.78 is 24.4. The Bertz CT molecular complexity index is 244. The van der Waals surface area contributed by atoms with Gasteiger partial charge in [0.15, 0.2) is 0 Å². The zero-order chi connectivity index (χ0) is 10.9. The number of alkyl halides is 2. The standard InChI is InChI=1S/C5H7F2N.C2H2O4/c6-5(7)3-1-8-2-4(3)5;3-1(4)2(5)6/h3-4,8H,1-2H2;(H,3,4)(H,5,6). The van der Waals surface area contributed by atoms with Gasteiger partial charge in [-0.1, -0.05) is 0 Å². The Morgan fingerprint density at radius 1 is 1.14 bits per heavy atom. The minimum atomic E-state index is -2.30. The van der Waals surface area contributed by atoms with Crippen LogP contribution in [0.1, 0.15) is 0 Å². The van der Waals surface area contributed by atoms with E-state index in [0.717, 1.165) is 0 Å². The van der Waals surface area contributed by atoms with Crippen LogP contribution in [0.3, 0.4) is 0 Å². The largest absolute Gasteiger partial charge is 0.473 e. The van der Waals surface area contributed by atoms with E-state index in [4.69, 9.17) is 19.8 Å². The highest BCUT2D eigenvalue weighted by Gasteiger charge is 2.69. The lowest BCUT2D eigenvalue weighted by Gasteiger charge is -1.99. The predicted octanol–water partition coefficient (Wildman–Crippen LogP) is -0.374. The summed E-state index contributed by atoms with van der Waals surface area (Å²) in [5, 5.41) is 17.7. The van der Waals surface area contributed by atoms with E-state index >= 15 is 0 Å². The Morgan fingerprint density at radius 2 is 1.50 bits per heavy atom. The maximum atomic E-state index is 12.2. The number of aliphatic carboxylic acids is 2. The molecule has 2 atom stereocenters. The molecule has 3 N–H and O–H groups in total. The number of hydrogen-bond acceptors (Lipinski definition) is 3. The number of fused-ring (bicyclic) bond motifs is 1. The molecule has 14 heavy (non-hydrogen) atoms. The van der Waals surface area contributed by atoms with Gasteiger partial charge in [0, 0.05) is 24.9 Å². The molecule has 2 aliphatic rings. The van der Waals surface area contributed by atoms with Gasteiger partial charge in [0.2, 0.25) is 0 Å². The Balaban J connectivity index is 0.000000149. The van der Waals surface area contributed by atoms with Crippen molar-refractivity contribution in [1.82, 2.24) is 5.32 Å². The van der Waals surface area contributed by atoms with Crippen molar-refractivity contribution in [2.75, 3.05) is 13.1 Å². The highest BCUT2D eigenvalue weighted by Crippen LogP contribution is 2.56. The second kappa shape index (κ2) is 3.49. The van der Waals surface area contributed by atoms with Crippen LogP contribution >= 0.6 is 0 Å². The highest BCUT2D eigenvalue weighted by molar-refractivity contribution is 6.27. The summed E-state index contributed by atoms with van der Waals surface area (Å²) in [6.45, 7) is 1.05. The second-order valence-corrected chi connectivity index (χ2v) is 3.16. The SMILES string of the molecule is FC1(F)C2CNCC21.O=C(O)C(=O)O. The molecule has 2 unspecified atom stereocenters. The summed E-state index contributed by atoms with van der Waals surface area (Å²) in [4.78, 5) is 18.2. The highest BCUT2D eigenvalue weighted by atomic mass is 19.3. The van der Waals surface area contributed by atoms with E-state index in [-0.39, 0.29) is 11.8 Å². The molecule has 1 aliphatic carbocycles. The summed E-state index contributed by atoms with van der Waals surface area (Å²) in [7, 11) is 0. The third kappa shape index (κ3) is 1.98. The zero-order valence-corrected chi connectivity index (χ0v) is 7.04. The quantitative estimate of drug-likeness (QED) is 0.474. The first-order valence-electron chi connectivity index (χ1n) is 3.92. The molecule has 0 aromatic carbocycles. The topological polar surface area (TPSA) is 86.6 Å². The number of carboxylic acid groups (broad SMARTS) is 2. The predicted molar refractivity (Wildman–Crippen MR) is 40.1 cm³/mol. The van der Waals surface area contributed by atoms with Gasteiger partial charge in [-0.3, -0.25) is 0 Å². The minimum absolute atomic E-state index is 0.317. The third-order valence-electron chi connectivity index (χ3n) is 2.28. The van der Waals surface area contributed by atoms with Crippen molar-refractivity contribution in [1.29, 1.82) is 0 Å². The first-order chi connectivity index (χ1) is 6.37. The van der Waals surface area contributed by atoms with Crippen molar-refractivity contribution in [3.05, 3.63) is 0 Å². The van der Waals surface area contributed by atoms with Gasteiger partial charge in [0.25, 0.3) is 5.92 Å². The molecule has 5 nitrogen and oxygen atoms in total. The van der Waals surface area contributed by atoms with Crippen LogP contribution in [0.2, 0.25) is 0 Å². The van der Waals surface area contributed by atoms with Crippen LogP contribution < -0.4 is 5.32 Å². The Kier molecular flexibility index (Phi) is 2.70. The lowest BCUT2D eigenvalue weighted by atomic mass is 10.4. The smallest absolute Gasteiger partial charge is 0.414 e. The molecule has 1 aliphatic heterocycles. The molecule has 1 heterocycles. The second-order valence-electron chi connectivity index (χ2n) is 3.16. The first-order valence-corrected chi connectivity index (χ1v) is 3.92. The summed E-state index contributed by atoms with van der Waals surface area (Å²) in [5.41, 5.74) is 0. The van der Waals surface area contributed by atoms with Crippen molar-refractivity contribution < 1.29 is 28.6 Å². The minimum Gasteiger partial charge on any atom is -0.473 e. The number of carboxylic acids is 2. The van der Waals surface area contributed by atoms with E-state index < -0.39 is 17.9 Å². The van der Waals surface area contributed by atoms with Crippen molar-refractivity contribution in [2.45, 2.75) is 5.92 Å². The lowest BCUT2D eigenvalue weighted by molar-refractivity contribution is -0.159. The van der Waals surface area contributed by atoms with Crippen LogP contribution in [-0.4, -0.2) is 41.2 Å². The number of carbonyl (C=O) groups is 2. The van der Waals surface area contributed by atoms with Gasteiger partial charge in [-0.15, -0.1) is 0 Å². The Labute approximate surface area is 77.7 Å². The molecule has 0 radical (unpaired) electrons. The molecule has 1 saturated carbocycles. The van der Waals surface area contributed by atoms with Gasteiger partial charge < -0.3 is 15.5 Å². The summed E-state index contributed by atoms with van der Waals surface area (Å²) in [5.74, 6) is -6.58. The molecule has 2 rings (SSSR count). The average molecular weight is 209 g/mol. The van der Waals surface area contributed by atoms with Crippen LogP contribution in [0.25, 0.3) is 0 Å². The van der Waals surface area contributed by atoms with E-state index in [1.165, 1.54) is 0 Å². The Hall–Kier alpha value is -1.24. The number of rotatable bonds is 0. The molecular weight excluding hydrogens is 200 g/mol. The van der Waals surface area contributed by atoms with Gasteiger partial charge in [-0.25, -0.2) is 18.4 Å². The van der Waals surface area contributed by atoms with E-state index in [1.54, 1.807) is 0 Å².